The third kappa shape index (κ3) is 2.02. The van der Waals surface area contributed by atoms with E-state index in [-0.39, 0.29) is 0 Å². The fraction of sp³-hybridized carbons (Fsp3) is 0.611. The Kier molecular flexibility index (Phi) is 3.07. The lowest BCUT2D eigenvalue weighted by Gasteiger charge is -2.24. The van der Waals surface area contributed by atoms with Crippen molar-refractivity contribution in [2.75, 3.05) is 0 Å². The molecule has 3 heteroatoms. The molecule has 4 rings (SSSR count). The van der Waals surface area contributed by atoms with Crippen molar-refractivity contribution in [1.82, 2.24) is 9.55 Å². The van der Waals surface area contributed by atoms with Gasteiger partial charge in [0.2, 0.25) is 0 Å². The number of fused-ring (bicyclic) bond motifs is 3. The molecule has 3 nitrogen and oxygen atoms in total. The molecule has 112 valence electrons. The summed E-state index contributed by atoms with van der Waals surface area (Å²) in [6.45, 7) is 5.14. The second-order valence-electron chi connectivity index (χ2n) is 7.24. The molecule has 3 atom stereocenters. The van der Waals surface area contributed by atoms with Gasteiger partial charge in [0, 0.05) is 18.5 Å². The van der Waals surface area contributed by atoms with Crippen LogP contribution in [0.2, 0.25) is 0 Å². The minimum Gasteiger partial charge on any atom is -0.326 e. The summed E-state index contributed by atoms with van der Waals surface area (Å²) in [5, 5.41) is 0. The van der Waals surface area contributed by atoms with E-state index in [2.05, 4.69) is 36.6 Å². The normalized spacial score (nSPS) is 28.1. The first-order valence-electron chi connectivity index (χ1n) is 8.38. The van der Waals surface area contributed by atoms with Gasteiger partial charge in [0.25, 0.3) is 0 Å². The highest BCUT2D eigenvalue weighted by Crippen LogP contribution is 2.53. The summed E-state index contributed by atoms with van der Waals surface area (Å²) in [5.41, 5.74) is 9.37. The van der Waals surface area contributed by atoms with Crippen molar-refractivity contribution in [3.05, 3.63) is 29.6 Å². The van der Waals surface area contributed by atoms with Gasteiger partial charge in [-0.05, 0) is 62.6 Å². The van der Waals surface area contributed by atoms with E-state index < -0.39 is 0 Å². The number of hydrogen-bond donors (Lipinski definition) is 1. The van der Waals surface area contributed by atoms with Crippen LogP contribution in [-0.4, -0.2) is 9.55 Å². The Bertz CT molecular complexity index is 670. The van der Waals surface area contributed by atoms with E-state index in [0.717, 1.165) is 17.4 Å². The number of benzene rings is 1. The van der Waals surface area contributed by atoms with Gasteiger partial charge in [-0.25, -0.2) is 4.98 Å². The van der Waals surface area contributed by atoms with Gasteiger partial charge < -0.3 is 10.3 Å². The molecule has 0 radical (unpaired) electrons. The van der Waals surface area contributed by atoms with Crippen LogP contribution in [-0.2, 0) is 6.54 Å². The molecule has 3 unspecified atom stereocenters. The highest BCUT2D eigenvalue weighted by Gasteiger charge is 2.42. The monoisotopic (exact) mass is 283 g/mol. The van der Waals surface area contributed by atoms with Crippen LogP contribution in [0.3, 0.4) is 0 Å². The summed E-state index contributed by atoms with van der Waals surface area (Å²) in [4.78, 5) is 5.05. The van der Waals surface area contributed by atoms with Crippen LogP contribution in [0.4, 0.5) is 0 Å². The van der Waals surface area contributed by atoms with Gasteiger partial charge in [0.05, 0.1) is 11.0 Å². The fourth-order valence-corrected chi connectivity index (χ4v) is 4.66. The third-order valence-corrected chi connectivity index (χ3v) is 5.60. The second kappa shape index (κ2) is 4.84. The Labute approximate surface area is 126 Å². The number of rotatable bonds is 3. The largest absolute Gasteiger partial charge is 0.326 e. The van der Waals surface area contributed by atoms with Crippen LogP contribution >= 0.6 is 0 Å². The molecule has 2 N–H and O–H groups in total. The lowest BCUT2D eigenvalue weighted by atomic mass is 9.88. The van der Waals surface area contributed by atoms with Crippen molar-refractivity contribution in [3.8, 4) is 0 Å². The average Bonchev–Trinajstić information content (AvgIpc) is 3.18. The maximum Gasteiger partial charge on any atom is 0.113 e. The number of hydrogen-bond acceptors (Lipinski definition) is 2. The standard InChI is InChI=1S/C18H25N3/c1-11(2)21-17-6-4-13(10-19)9-16(17)20-18(21)15-8-12-3-5-14(15)7-12/h4,6,9,11-12,14-15H,3,5,7-8,10,19H2,1-2H3. The maximum atomic E-state index is 5.78. The van der Waals surface area contributed by atoms with Crippen molar-refractivity contribution in [2.24, 2.45) is 17.6 Å². The van der Waals surface area contributed by atoms with Crippen molar-refractivity contribution in [1.29, 1.82) is 0 Å². The predicted molar refractivity (Wildman–Crippen MR) is 86.2 cm³/mol. The smallest absolute Gasteiger partial charge is 0.113 e. The van der Waals surface area contributed by atoms with E-state index >= 15 is 0 Å². The second-order valence-corrected chi connectivity index (χ2v) is 7.24. The van der Waals surface area contributed by atoms with E-state index in [1.54, 1.807) is 0 Å². The maximum absolute atomic E-state index is 5.78. The minimum atomic E-state index is 0.466. The van der Waals surface area contributed by atoms with Crippen LogP contribution in [0.25, 0.3) is 11.0 Å². The van der Waals surface area contributed by atoms with Crippen LogP contribution in [0.15, 0.2) is 18.2 Å². The zero-order valence-corrected chi connectivity index (χ0v) is 13.0. The Morgan fingerprint density at radius 2 is 2.14 bits per heavy atom. The molecule has 0 aliphatic heterocycles. The topological polar surface area (TPSA) is 43.8 Å². The molecule has 1 aromatic carbocycles. The lowest BCUT2D eigenvalue weighted by molar-refractivity contribution is 0.388. The molecule has 2 aromatic rings. The Hall–Kier alpha value is -1.35. The van der Waals surface area contributed by atoms with Crippen LogP contribution in [0.5, 0.6) is 0 Å². The first kappa shape index (κ1) is 13.3. The Balaban J connectivity index is 1.85. The summed E-state index contributed by atoms with van der Waals surface area (Å²) in [7, 11) is 0. The highest BCUT2D eigenvalue weighted by molar-refractivity contribution is 5.77. The molecule has 2 bridgehead atoms. The van der Waals surface area contributed by atoms with E-state index in [0.29, 0.717) is 18.5 Å². The molecule has 21 heavy (non-hydrogen) atoms. The van der Waals surface area contributed by atoms with E-state index in [1.807, 2.05) is 0 Å². The van der Waals surface area contributed by atoms with Gasteiger partial charge in [-0.3, -0.25) is 0 Å². The van der Waals surface area contributed by atoms with Crippen LogP contribution in [0, 0.1) is 11.8 Å². The van der Waals surface area contributed by atoms with Gasteiger partial charge >= 0.3 is 0 Å². The van der Waals surface area contributed by atoms with Gasteiger partial charge in [-0.2, -0.15) is 0 Å². The molecule has 0 saturated heterocycles. The summed E-state index contributed by atoms with van der Waals surface area (Å²) >= 11 is 0. The molecular formula is C18H25N3. The first-order valence-corrected chi connectivity index (χ1v) is 8.38. The SMILES string of the molecule is CC(C)n1c(C2CC3CCC2C3)nc2cc(CN)ccc21. The van der Waals surface area contributed by atoms with E-state index in [1.165, 1.54) is 42.6 Å². The van der Waals surface area contributed by atoms with Crippen LogP contribution < -0.4 is 5.73 Å². The van der Waals surface area contributed by atoms with Gasteiger partial charge in [0.15, 0.2) is 0 Å². The molecule has 2 fully saturated rings. The molecule has 0 amide bonds. The van der Waals surface area contributed by atoms with E-state index in [4.69, 9.17) is 10.7 Å². The average molecular weight is 283 g/mol. The summed E-state index contributed by atoms with van der Waals surface area (Å²) in [6, 6.07) is 6.99. The van der Waals surface area contributed by atoms with Gasteiger partial charge in [-0.15, -0.1) is 0 Å². The quantitative estimate of drug-likeness (QED) is 0.926. The predicted octanol–water partition coefficient (Wildman–Crippen LogP) is 3.98. The molecule has 2 aliphatic rings. The molecule has 2 saturated carbocycles. The number of nitrogens with zero attached hydrogens (tertiary/aromatic N) is 2. The van der Waals surface area contributed by atoms with Gasteiger partial charge in [-0.1, -0.05) is 12.5 Å². The fourth-order valence-electron chi connectivity index (χ4n) is 4.66. The lowest BCUT2D eigenvalue weighted by Crippen LogP contribution is -2.16. The van der Waals surface area contributed by atoms with E-state index in [9.17, 15) is 0 Å². The number of nitrogens with two attached hydrogens (primary N) is 1. The number of aromatic nitrogens is 2. The zero-order chi connectivity index (χ0) is 14.6. The highest BCUT2D eigenvalue weighted by atomic mass is 15.1. The van der Waals surface area contributed by atoms with Crippen molar-refractivity contribution >= 4 is 11.0 Å². The molecular weight excluding hydrogens is 258 g/mol. The third-order valence-electron chi connectivity index (χ3n) is 5.60. The van der Waals surface area contributed by atoms with Gasteiger partial charge in [0.1, 0.15) is 5.82 Å². The summed E-state index contributed by atoms with van der Waals surface area (Å²) < 4.78 is 2.47. The molecule has 0 spiro atoms. The summed E-state index contributed by atoms with van der Waals surface area (Å²) in [6.07, 6.45) is 5.63. The van der Waals surface area contributed by atoms with Crippen molar-refractivity contribution in [3.63, 3.8) is 0 Å². The molecule has 2 aliphatic carbocycles. The van der Waals surface area contributed by atoms with Crippen molar-refractivity contribution < 1.29 is 0 Å². The first-order chi connectivity index (χ1) is 10.2. The zero-order valence-electron chi connectivity index (χ0n) is 13.0. The van der Waals surface area contributed by atoms with Crippen molar-refractivity contribution in [2.45, 2.75) is 58.0 Å². The Morgan fingerprint density at radius 3 is 2.76 bits per heavy atom. The molecule has 1 heterocycles. The number of imidazole rings is 1. The molecule has 1 aromatic heterocycles. The van der Waals surface area contributed by atoms with Crippen LogP contribution in [0.1, 0.15) is 62.9 Å². The summed E-state index contributed by atoms with van der Waals surface area (Å²) in [5.74, 6) is 3.85. The Morgan fingerprint density at radius 1 is 1.29 bits per heavy atom. The minimum absolute atomic E-state index is 0.466.